The van der Waals surface area contributed by atoms with Crippen LogP contribution in [0.15, 0.2) is 48.5 Å². The number of hydrogen-bond acceptors (Lipinski definition) is 5. The summed E-state index contributed by atoms with van der Waals surface area (Å²) in [5.41, 5.74) is 2.67. The summed E-state index contributed by atoms with van der Waals surface area (Å²) in [7, 11) is 0. The SMILES string of the molecule is CC(C)N(CCC(c1ccccc1)c1cc(COC(=O)CCC(=O)O)ccc1O)C(C)C. The van der Waals surface area contributed by atoms with Crippen LogP contribution in [-0.2, 0) is 20.9 Å². The highest BCUT2D eigenvalue weighted by Gasteiger charge is 2.22. The Balaban J connectivity index is 2.24. The van der Waals surface area contributed by atoms with Crippen molar-refractivity contribution >= 4 is 11.9 Å². The lowest BCUT2D eigenvalue weighted by Gasteiger charge is -2.32. The van der Waals surface area contributed by atoms with Crippen molar-refractivity contribution in [3.63, 3.8) is 0 Å². The molecule has 1 unspecified atom stereocenters. The predicted octanol–water partition coefficient (Wildman–Crippen LogP) is 4.94. The maximum absolute atomic E-state index is 11.8. The van der Waals surface area contributed by atoms with E-state index in [4.69, 9.17) is 9.84 Å². The lowest BCUT2D eigenvalue weighted by molar-refractivity contribution is -0.148. The Morgan fingerprint density at radius 2 is 1.62 bits per heavy atom. The number of hydrogen-bond donors (Lipinski definition) is 2. The first kappa shape index (κ1) is 25.4. The number of benzene rings is 2. The summed E-state index contributed by atoms with van der Waals surface area (Å²) < 4.78 is 5.23. The highest BCUT2D eigenvalue weighted by atomic mass is 16.5. The fraction of sp³-hybridized carbons (Fsp3) is 0.462. The van der Waals surface area contributed by atoms with Gasteiger partial charge in [-0.05, 0) is 63.9 Å². The van der Waals surface area contributed by atoms with Crippen LogP contribution in [0.25, 0.3) is 0 Å². The van der Waals surface area contributed by atoms with Crippen molar-refractivity contribution in [3.8, 4) is 5.75 Å². The van der Waals surface area contributed by atoms with E-state index < -0.39 is 11.9 Å². The summed E-state index contributed by atoms with van der Waals surface area (Å²) >= 11 is 0. The van der Waals surface area contributed by atoms with E-state index in [0.717, 1.165) is 29.7 Å². The number of aromatic hydroxyl groups is 1. The zero-order chi connectivity index (χ0) is 23.7. The monoisotopic (exact) mass is 441 g/mol. The van der Waals surface area contributed by atoms with Gasteiger partial charge in [0, 0.05) is 23.6 Å². The van der Waals surface area contributed by atoms with Gasteiger partial charge in [-0.25, -0.2) is 0 Å². The molecule has 0 aliphatic rings. The van der Waals surface area contributed by atoms with Gasteiger partial charge in [0.05, 0.1) is 12.8 Å². The number of carbonyl (C=O) groups is 2. The number of esters is 1. The molecule has 0 radical (unpaired) electrons. The van der Waals surface area contributed by atoms with Gasteiger partial charge in [-0.15, -0.1) is 0 Å². The Morgan fingerprint density at radius 1 is 0.969 bits per heavy atom. The van der Waals surface area contributed by atoms with Crippen LogP contribution >= 0.6 is 0 Å². The molecule has 6 heteroatoms. The molecule has 0 saturated heterocycles. The third-order valence-corrected chi connectivity index (χ3v) is 5.61. The van der Waals surface area contributed by atoms with Crippen LogP contribution in [0.1, 0.15) is 69.6 Å². The number of rotatable bonds is 12. The number of phenolic OH excluding ortho intramolecular Hbond substituents is 1. The Labute approximate surface area is 190 Å². The van der Waals surface area contributed by atoms with Gasteiger partial charge in [0.15, 0.2) is 0 Å². The Morgan fingerprint density at radius 3 is 2.22 bits per heavy atom. The van der Waals surface area contributed by atoms with Crippen molar-refractivity contribution < 1.29 is 24.5 Å². The fourth-order valence-corrected chi connectivity index (χ4v) is 4.00. The number of nitrogens with zero attached hydrogens (tertiary/aromatic N) is 1. The van der Waals surface area contributed by atoms with Gasteiger partial charge < -0.3 is 14.9 Å². The molecule has 32 heavy (non-hydrogen) atoms. The van der Waals surface area contributed by atoms with E-state index in [-0.39, 0.29) is 31.1 Å². The molecule has 0 aromatic heterocycles. The molecule has 0 fully saturated rings. The standard InChI is InChI=1S/C26H35NO5/c1-18(2)27(19(3)4)15-14-22(21-8-6-5-7-9-21)23-16-20(10-11-24(23)28)17-32-26(31)13-12-25(29)30/h5-11,16,18-19,22,28H,12-15,17H2,1-4H3,(H,29,30). The molecule has 0 spiro atoms. The molecule has 0 aliphatic heterocycles. The quantitative estimate of drug-likeness (QED) is 0.454. The predicted molar refractivity (Wildman–Crippen MR) is 125 cm³/mol. The molecular weight excluding hydrogens is 406 g/mol. The van der Waals surface area contributed by atoms with E-state index in [1.165, 1.54) is 0 Å². The lowest BCUT2D eigenvalue weighted by atomic mass is 9.86. The largest absolute Gasteiger partial charge is 0.508 e. The second kappa shape index (κ2) is 12.2. The minimum Gasteiger partial charge on any atom is -0.508 e. The van der Waals surface area contributed by atoms with E-state index >= 15 is 0 Å². The molecule has 2 aromatic rings. The summed E-state index contributed by atoms with van der Waals surface area (Å²) in [6.07, 6.45) is 0.418. The molecule has 174 valence electrons. The molecule has 0 saturated carbocycles. The normalized spacial score (nSPS) is 12.3. The number of carboxylic acid groups (broad SMARTS) is 1. The zero-order valence-electron chi connectivity index (χ0n) is 19.5. The summed E-state index contributed by atoms with van der Waals surface area (Å²) in [5, 5.41) is 19.4. The van der Waals surface area contributed by atoms with Gasteiger partial charge >= 0.3 is 11.9 Å². The van der Waals surface area contributed by atoms with Crippen molar-refractivity contribution in [2.75, 3.05) is 6.54 Å². The molecule has 0 amide bonds. The van der Waals surface area contributed by atoms with Gasteiger partial charge in [-0.2, -0.15) is 0 Å². The minimum absolute atomic E-state index is 0.0149. The average molecular weight is 442 g/mol. The van der Waals surface area contributed by atoms with Gasteiger partial charge in [0.1, 0.15) is 12.4 Å². The van der Waals surface area contributed by atoms with Crippen LogP contribution in [0, 0.1) is 0 Å². The molecule has 0 bridgehead atoms. The Bertz CT molecular complexity index is 871. The lowest BCUT2D eigenvalue weighted by Crippen LogP contribution is -2.38. The third kappa shape index (κ3) is 7.68. The van der Waals surface area contributed by atoms with Crippen molar-refractivity contribution in [2.45, 2.75) is 71.6 Å². The molecule has 2 aromatic carbocycles. The van der Waals surface area contributed by atoms with E-state index in [2.05, 4.69) is 44.7 Å². The summed E-state index contributed by atoms with van der Waals surface area (Å²) in [6.45, 7) is 9.67. The summed E-state index contributed by atoms with van der Waals surface area (Å²) in [4.78, 5) is 24.8. The smallest absolute Gasteiger partial charge is 0.306 e. The van der Waals surface area contributed by atoms with E-state index in [1.807, 2.05) is 24.3 Å². The second-order valence-corrected chi connectivity index (χ2v) is 8.62. The first-order valence-electron chi connectivity index (χ1n) is 11.2. The van der Waals surface area contributed by atoms with Crippen molar-refractivity contribution in [2.24, 2.45) is 0 Å². The molecule has 2 rings (SSSR count). The molecule has 2 N–H and O–H groups in total. The van der Waals surface area contributed by atoms with E-state index in [1.54, 1.807) is 12.1 Å². The average Bonchev–Trinajstić information content (AvgIpc) is 2.75. The Hall–Kier alpha value is -2.86. The van der Waals surface area contributed by atoms with Gasteiger partial charge in [-0.1, -0.05) is 36.4 Å². The molecular formula is C26H35NO5. The van der Waals surface area contributed by atoms with Crippen molar-refractivity contribution in [1.82, 2.24) is 4.90 Å². The van der Waals surface area contributed by atoms with Crippen LogP contribution in [0.4, 0.5) is 0 Å². The molecule has 0 aliphatic carbocycles. The highest BCUT2D eigenvalue weighted by molar-refractivity contribution is 5.76. The van der Waals surface area contributed by atoms with Gasteiger partial charge in [0.2, 0.25) is 0 Å². The number of carboxylic acids is 1. The summed E-state index contributed by atoms with van der Waals surface area (Å²) in [5.74, 6) is -1.39. The second-order valence-electron chi connectivity index (χ2n) is 8.62. The molecule has 1 atom stereocenters. The van der Waals surface area contributed by atoms with E-state index in [9.17, 15) is 14.7 Å². The first-order valence-corrected chi connectivity index (χ1v) is 11.2. The first-order chi connectivity index (χ1) is 15.2. The van der Waals surface area contributed by atoms with Gasteiger partial charge in [-0.3, -0.25) is 14.5 Å². The van der Waals surface area contributed by atoms with Crippen LogP contribution in [0.3, 0.4) is 0 Å². The zero-order valence-corrected chi connectivity index (χ0v) is 19.5. The summed E-state index contributed by atoms with van der Waals surface area (Å²) in [6, 6.07) is 16.2. The topological polar surface area (TPSA) is 87.1 Å². The highest BCUT2D eigenvalue weighted by Crippen LogP contribution is 2.35. The Kier molecular flexibility index (Phi) is 9.72. The number of ether oxygens (including phenoxy) is 1. The van der Waals surface area contributed by atoms with Crippen LogP contribution < -0.4 is 0 Å². The van der Waals surface area contributed by atoms with Gasteiger partial charge in [0.25, 0.3) is 0 Å². The van der Waals surface area contributed by atoms with Crippen LogP contribution in [-0.4, -0.2) is 45.7 Å². The molecule has 0 heterocycles. The number of aliphatic carboxylic acids is 1. The maximum atomic E-state index is 11.8. The minimum atomic E-state index is -1.03. The van der Waals surface area contributed by atoms with Crippen LogP contribution in [0.2, 0.25) is 0 Å². The van der Waals surface area contributed by atoms with E-state index in [0.29, 0.717) is 12.1 Å². The fourth-order valence-electron chi connectivity index (χ4n) is 4.00. The third-order valence-electron chi connectivity index (χ3n) is 5.61. The maximum Gasteiger partial charge on any atom is 0.306 e. The van der Waals surface area contributed by atoms with Crippen LogP contribution in [0.5, 0.6) is 5.75 Å². The molecule has 6 nitrogen and oxygen atoms in total. The number of phenols is 1. The number of carbonyl (C=O) groups excluding carboxylic acids is 1. The van der Waals surface area contributed by atoms with Crippen molar-refractivity contribution in [1.29, 1.82) is 0 Å². The van der Waals surface area contributed by atoms with Crippen molar-refractivity contribution in [3.05, 3.63) is 65.2 Å².